The molecule has 8 nitrogen and oxygen atoms in total. The highest BCUT2D eigenvalue weighted by Crippen LogP contribution is 2.33. The molecular formula is C33H53N3O5. The standard InChI is InChI=1S/C33H53N3O5/c1-24(2)36(33(38)26-11-16-30(40-4)31(22-26)41-20-8-19-39-3)29-13-12-27(34-23-29)17-18-35(28-14-15-28)32(37)21-25-9-6-5-7-10-25/h11,16,22,24-25,27-29,34H,5-10,12-15,17-21,23H2,1-4H3/t27-,29-/m1/s1. The average molecular weight is 572 g/mol. The summed E-state index contributed by atoms with van der Waals surface area (Å²) in [5.74, 6) is 2.19. The van der Waals surface area contributed by atoms with Gasteiger partial charge < -0.3 is 29.3 Å². The predicted molar refractivity (Wildman–Crippen MR) is 162 cm³/mol. The van der Waals surface area contributed by atoms with E-state index in [0.717, 1.165) is 58.0 Å². The molecule has 3 aliphatic rings. The van der Waals surface area contributed by atoms with E-state index in [1.165, 1.54) is 32.1 Å². The van der Waals surface area contributed by atoms with E-state index < -0.39 is 0 Å². The molecule has 0 spiro atoms. The number of hydrogen-bond acceptors (Lipinski definition) is 6. The van der Waals surface area contributed by atoms with Gasteiger partial charge in [0.05, 0.1) is 13.7 Å². The third-order valence-electron chi connectivity index (χ3n) is 9.05. The molecule has 1 aromatic carbocycles. The summed E-state index contributed by atoms with van der Waals surface area (Å²) in [4.78, 5) is 31.2. The molecule has 1 aromatic rings. The number of amides is 2. The zero-order valence-electron chi connectivity index (χ0n) is 25.9. The van der Waals surface area contributed by atoms with Gasteiger partial charge in [0.25, 0.3) is 5.91 Å². The lowest BCUT2D eigenvalue weighted by Crippen LogP contribution is -2.54. The quantitative estimate of drug-likeness (QED) is 0.283. The zero-order valence-corrected chi connectivity index (χ0v) is 25.9. The first-order valence-electron chi connectivity index (χ1n) is 16.1. The Balaban J connectivity index is 1.30. The topological polar surface area (TPSA) is 80.3 Å². The molecule has 0 aromatic heterocycles. The number of methoxy groups -OCH3 is 2. The molecule has 2 amide bonds. The summed E-state index contributed by atoms with van der Waals surface area (Å²) in [7, 11) is 3.28. The summed E-state index contributed by atoms with van der Waals surface area (Å²) in [6.07, 6.45) is 13.1. The molecule has 3 fully saturated rings. The van der Waals surface area contributed by atoms with Gasteiger partial charge in [0.1, 0.15) is 0 Å². The van der Waals surface area contributed by atoms with Crippen LogP contribution in [0.15, 0.2) is 18.2 Å². The van der Waals surface area contributed by atoms with Crippen molar-refractivity contribution in [3.8, 4) is 11.5 Å². The zero-order chi connectivity index (χ0) is 29.2. The number of hydrogen-bond donors (Lipinski definition) is 1. The summed E-state index contributed by atoms with van der Waals surface area (Å²) in [6, 6.07) is 6.49. The van der Waals surface area contributed by atoms with Crippen molar-refractivity contribution in [2.24, 2.45) is 5.92 Å². The molecule has 0 bridgehead atoms. The highest BCUT2D eigenvalue weighted by atomic mass is 16.5. The van der Waals surface area contributed by atoms with Gasteiger partial charge in [0, 0.05) is 69.4 Å². The van der Waals surface area contributed by atoms with Crippen molar-refractivity contribution < 1.29 is 23.8 Å². The number of nitrogens with one attached hydrogen (secondary N) is 1. The smallest absolute Gasteiger partial charge is 0.254 e. The number of piperidine rings is 1. The van der Waals surface area contributed by atoms with Crippen LogP contribution in [0.1, 0.15) is 101 Å². The third kappa shape index (κ3) is 9.08. The number of benzene rings is 1. The van der Waals surface area contributed by atoms with Crippen LogP contribution in [-0.2, 0) is 9.53 Å². The number of ether oxygens (including phenoxy) is 3. The van der Waals surface area contributed by atoms with Crippen LogP contribution in [0.4, 0.5) is 0 Å². The average Bonchev–Trinajstić information content (AvgIpc) is 3.82. The fraction of sp³-hybridized carbons (Fsp3) is 0.758. The number of nitrogens with zero attached hydrogens (tertiary/aromatic N) is 2. The van der Waals surface area contributed by atoms with Gasteiger partial charge in [-0.1, -0.05) is 19.3 Å². The lowest BCUT2D eigenvalue weighted by atomic mass is 9.86. The number of rotatable bonds is 15. The Morgan fingerprint density at radius 2 is 1.71 bits per heavy atom. The molecule has 1 N–H and O–H groups in total. The molecule has 0 radical (unpaired) electrons. The van der Waals surface area contributed by atoms with Crippen LogP contribution < -0.4 is 14.8 Å². The fourth-order valence-electron chi connectivity index (χ4n) is 6.61. The lowest BCUT2D eigenvalue weighted by Gasteiger charge is -2.40. The lowest BCUT2D eigenvalue weighted by molar-refractivity contribution is -0.133. The molecule has 0 unspecified atom stereocenters. The van der Waals surface area contributed by atoms with Gasteiger partial charge in [-0.15, -0.1) is 0 Å². The first kappa shape index (κ1) is 31.6. The van der Waals surface area contributed by atoms with E-state index in [1.807, 2.05) is 17.0 Å². The van der Waals surface area contributed by atoms with Crippen molar-refractivity contribution in [2.75, 3.05) is 40.5 Å². The summed E-state index contributed by atoms with van der Waals surface area (Å²) >= 11 is 0. The largest absolute Gasteiger partial charge is 0.493 e. The van der Waals surface area contributed by atoms with E-state index in [4.69, 9.17) is 14.2 Å². The summed E-state index contributed by atoms with van der Waals surface area (Å²) in [5.41, 5.74) is 0.611. The maximum absolute atomic E-state index is 13.8. The molecule has 2 aliphatic carbocycles. The van der Waals surface area contributed by atoms with Crippen LogP contribution in [0.3, 0.4) is 0 Å². The molecule has 2 saturated carbocycles. The van der Waals surface area contributed by atoms with Crippen molar-refractivity contribution in [2.45, 2.75) is 115 Å². The highest BCUT2D eigenvalue weighted by molar-refractivity contribution is 5.95. The molecule has 230 valence electrons. The number of carbonyl (C=O) groups excluding carboxylic acids is 2. The van der Waals surface area contributed by atoms with Crippen molar-refractivity contribution in [1.82, 2.24) is 15.1 Å². The fourth-order valence-corrected chi connectivity index (χ4v) is 6.61. The van der Waals surface area contributed by atoms with E-state index in [1.54, 1.807) is 20.3 Å². The van der Waals surface area contributed by atoms with Crippen LogP contribution in [-0.4, -0.2) is 86.3 Å². The van der Waals surface area contributed by atoms with Crippen LogP contribution in [0.25, 0.3) is 0 Å². The van der Waals surface area contributed by atoms with Gasteiger partial charge in [-0.25, -0.2) is 0 Å². The van der Waals surface area contributed by atoms with Crippen LogP contribution in [0.5, 0.6) is 11.5 Å². The second kappa shape index (κ2) is 15.8. The van der Waals surface area contributed by atoms with E-state index in [2.05, 4.69) is 24.1 Å². The minimum absolute atomic E-state index is 0.0165. The Labute approximate surface area is 247 Å². The van der Waals surface area contributed by atoms with E-state index in [-0.39, 0.29) is 18.0 Å². The minimum Gasteiger partial charge on any atom is -0.493 e. The van der Waals surface area contributed by atoms with Crippen LogP contribution in [0, 0.1) is 5.92 Å². The van der Waals surface area contributed by atoms with Gasteiger partial charge in [-0.3, -0.25) is 9.59 Å². The molecule has 1 saturated heterocycles. The van der Waals surface area contributed by atoms with E-state index in [0.29, 0.717) is 54.2 Å². The Morgan fingerprint density at radius 3 is 2.34 bits per heavy atom. The third-order valence-corrected chi connectivity index (χ3v) is 9.05. The normalized spacial score (nSPS) is 21.5. The van der Waals surface area contributed by atoms with Crippen molar-refractivity contribution >= 4 is 11.8 Å². The first-order valence-corrected chi connectivity index (χ1v) is 16.1. The highest BCUT2D eigenvalue weighted by Gasteiger charge is 2.35. The Hall–Kier alpha value is -2.32. The Kier molecular flexibility index (Phi) is 12.2. The van der Waals surface area contributed by atoms with Crippen LogP contribution >= 0.6 is 0 Å². The molecule has 41 heavy (non-hydrogen) atoms. The SMILES string of the molecule is COCCCOc1cc(C(=O)N(C(C)C)[C@@H]2CC[C@H](CCN(C(=O)CC3CCCCC3)C3CC3)NC2)ccc1OC. The maximum Gasteiger partial charge on any atom is 0.254 e. The van der Waals surface area contributed by atoms with Gasteiger partial charge in [-0.2, -0.15) is 0 Å². The summed E-state index contributed by atoms with van der Waals surface area (Å²) in [6.45, 7) is 6.90. The first-order chi connectivity index (χ1) is 19.9. The monoisotopic (exact) mass is 571 g/mol. The molecule has 1 aliphatic heterocycles. The van der Waals surface area contributed by atoms with Gasteiger partial charge in [-0.05, 0) is 82.9 Å². The summed E-state index contributed by atoms with van der Waals surface area (Å²) in [5, 5.41) is 3.73. The minimum atomic E-state index is 0.0165. The molecule has 2 atom stereocenters. The Bertz CT molecular complexity index is 968. The van der Waals surface area contributed by atoms with Crippen molar-refractivity contribution in [3.05, 3.63) is 23.8 Å². The second-order valence-electron chi connectivity index (χ2n) is 12.5. The van der Waals surface area contributed by atoms with Gasteiger partial charge in [0.2, 0.25) is 5.91 Å². The predicted octanol–water partition coefficient (Wildman–Crippen LogP) is 5.43. The van der Waals surface area contributed by atoms with Gasteiger partial charge >= 0.3 is 0 Å². The van der Waals surface area contributed by atoms with Crippen molar-refractivity contribution in [3.63, 3.8) is 0 Å². The maximum atomic E-state index is 13.8. The molecular weight excluding hydrogens is 518 g/mol. The van der Waals surface area contributed by atoms with Crippen LogP contribution in [0.2, 0.25) is 0 Å². The molecule has 1 heterocycles. The Morgan fingerprint density at radius 1 is 0.951 bits per heavy atom. The number of carbonyl (C=O) groups is 2. The van der Waals surface area contributed by atoms with E-state index >= 15 is 0 Å². The van der Waals surface area contributed by atoms with E-state index in [9.17, 15) is 9.59 Å². The molecule has 4 rings (SSSR count). The summed E-state index contributed by atoms with van der Waals surface area (Å²) < 4.78 is 16.5. The molecule has 8 heteroatoms. The van der Waals surface area contributed by atoms with Gasteiger partial charge in [0.15, 0.2) is 11.5 Å². The van der Waals surface area contributed by atoms with Crippen molar-refractivity contribution in [1.29, 1.82) is 0 Å². The second-order valence-corrected chi connectivity index (χ2v) is 12.5.